The van der Waals surface area contributed by atoms with E-state index in [9.17, 15) is 19.5 Å². The van der Waals surface area contributed by atoms with Gasteiger partial charge in [0.1, 0.15) is 12.0 Å². The van der Waals surface area contributed by atoms with Crippen LogP contribution in [0.5, 0.6) is 0 Å². The van der Waals surface area contributed by atoms with Crippen molar-refractivity contribution in [1.82, 2.24) is 0 Å². The summed E-state index contributed by atoms with van der Waals surface area (Å²) in [6.45, 7) is 6.16. The summed E-state index contributed by atoms with van der Waals surface area (Å²) in [6.07, 6.45) is 3.45. The molecule has 0 aromatic carbocycles. The number of esters is 1. The van der Waals surface area contributed by atoms with Crippen molar-refractivity contribution in [3.63, 3.8) is 0 Å². The lowest BCUT2D eigenvalue weighted by Gasteiger charge is -2.28. The van der Waals surface area contributed by atoms with E-state index in [0.717, 1.165) is 25.7 Å². The van der Waals surface area contributed by atoms with Gasteiger partial charge < -0.3 is 24.4 Å². The van der Waals surface area contributed by atoms with E-state index in [-0.39, 0.29) is 26.2 Å². The zero-order chi connectivity index (χ0) is 20.0. The number of carbonyl (C=O) groups is 3. The van der Waals surface area contributed by atoms with Gasteiger partial charge in [-0.3, -0.25) is 9.59 Å². The second-order valence-corrected chi connectivity index (χ2v) is 5.98. The number of rotatable bonds is 16. The standard InChI is InChI=1S/C18H30O8/c1-4-5-6-7-9-25-11-12-26-15(19)13-18(17(22)23,8-10-24-3)14(2)16(20)21/h2,4-13H2,1,3H3,(H,20,21)(H,22,23). The molecule has 0 radical (unpaired) electrons. The summed E-state index contributed by atoms with van der Waals surface area (Å²) in [7, 11) is 1.35. The van der Waals surface area contributed by atoms with Gasteiger partial charge in [0.2, 0.25) is 0 Å². The molecule has 0 saturated carbocycles. The Kier molecular flexibility index (Phi) is 12.3. The van der Waals surface area contributed by atoms with Crippen molar-refractivity contribution in [1.29, 1.82) is 0 Å². The summed E-state index contributed by atoms with van der Waals surface area (Å²) >= 11 is 0. The van der Waals surface area contributed by atoms with E-state index in [1.165, 1.54) is 7.11 Å². The summed E-state index contributed by atoms with van der Waals surface area (Å²) in [6, 6.07) is 0. The molecule has 1 atom stereocenters. The highest BCUT2D eigenvalue weighted by Gasteiger charge is 2.46. The third-order valence-corrected chi connectivity index (χ3v) is 4.06. The maximum Gasteiger partial charge on any atom is 0.332 e. The van der Waals surface area contributed by atoms with Crippen LogP contribution in [0.1, 0.15) is 45.4 Å². The van der Waals surface area contributed by atoms with Crippen LogP contribution >= 0.6 is 0 Å². The number of carboxylic acid groups (broad SMARTS) is 2. The first-order valence-corrected chi connectivity index (χ1v) is 8.70. The van der Waals surface area contributed by atoms with E-state index >= 15 is 0 Å². The smallest absolute Gasteiger partial charge is 0.332 e. The first kappa shape index (κ1) is 24.1. The average molecular weight is 374 g/mol. The van der Waals surface area contributed by atoms with Gasteiger partial charge in [0.25, 0.3) is 0 Å². The molecule has 0 saturated heterocycles. The Morgan fingerprint density at radius 3 is 2.23 bits per heavy atom. The van der Waals surface area contributed by atoms with Crippen LogP contribution in [0.3, 0.4) is 0 Å². The fourth-order valence-electron chi connectivity index (χ4n) is 2.38. The van der Waals surface area contributed by atoms with Crippen LogP contribution in [0, 0.1) is 5.41 Å². The molecule has 0 aliphatic heterocycles. The molecule has 0 aromatic heterocycles. The molecule has 0 aliphatic rings. The molecule has 0 bridgehead atoms. The van der Waals surface area contributed by atoms with Crippen molar-refractivity contribution in [3.8, 4) is 0 Å². The van der Waals surface area contributed by atoms with Gasteiger partial charge in [0, 0.05) is 25.9 Å². The van der Waals surface area contributed by atoms with Gasteiger partial charge in [-0.05, 0) is 12.8 Å². The summed E-state index contributed by atoms with van der Waals surface area (Å²) in [5.74, 6) is -3.75. The zero-order valence-corrected chi connectivity index (χ0v) is 15.6. The van der Waals surface area contributed by atoms with Gasteiger partial charge in [0.15, 0.2) is 0 Å². The number of methoxy groups -OCH3 is 1. The predicted octanol–water partition coefficient (Wildman–Crippen LogP) is 2.26. The molecule has 26 heavy (non-hydrogen) atoms. The number of aliphatic carboxylic acids is 2. The van der Waals surface area contributed by atoms with E-state index in [4.69, 9.17) is 19.3 Å². The number of carbonyl (C=O) groups excluding carboxylic acids is 1. The minimum atomic E-state index is -1.97. The SMILES string of the molecule is C=C(C(=O)O)C(CCOC)(CC(=O)OCCOCCCCCC)C(=O)O. The van der Waals surface area contributed by atoms with Crippen LogP contribution in [-0.2, 0) is 28.6 Å². The Hall–Kier alpha value is -1.93. The molecule has 1 unspecified atom stereocenters. The molecule has 0 aromatic rings. The molecule has 0 amide bonds. The van der Waals surface area contributed by atoms with Gasteiger partial charge >= 0.3 is 17.9 Å². The maximum absolute atomic E-state index is 12.0. The van der Waals surface area contributed by atoms with Crippen LogP contribution in [0.15, 0.2) is 12.2 Å². The van der Waals surface area contributed by atoms with Crippen LogP contribution in [0.4, 0.5) is 0 Å². The van der Waals surface area contributed by atoms with E-state index in [2.05, 4.69) is 13.5 Å². The Morgan fingerprint density at radius 2 is 1.69 bits per heavy atom. The van der Waals surface area contributed by atoms with Crippen LogP contribution in [0.2, 0.25) is 0 Å². The van der Waals surface area contributed by atoms with Crippen LogP contribution < -0.4 is 0 Å². The first-order chi connectivity index (χ1) is 12.3. The number of hydrogen-bond acceptors (Lipinski definition) is 6. The van der Waals surface area contributed by atoms with Gasteiger partial charge in [-0.2, -0.15) is 0 Å². The van der Waals surface area contributed by atoms with Crippen molar-refractivity contribution in [2.24, 2.45) is 5.41 Å². The van der Waals surface area contributed by atoms with Crippen molar-refractivity contribution >= 4 is 17.9 Å². The lowest BCUT2D eigenvalue weighted by Crippen LogP contribution is -2.39. The number of unbranched alkanes of at least 4 members (excludes halogenated alkanes) is 3. The van der Waals surface area contributed by atoms with Crippen LogP contribution in [0.25, 0.3) is 0 Å². The summed E-state index contributed by atoms with van der Waals surface area (Å²) in [5, 5.41) is 18.7. The third kappa shape index (κ3) is 8.44. The molecule has 8 heteroatoms. The zero-order valence-electron chi connectivity index (χ0n) is 15.6. The molecule has 2 N–H and O–H groups in total. The van der Waals surface area contributed by atoms with Crippen molar-refractivity contribution in [3.05, 3.63) is 12.2 Å². The number of hydrogen-bond donors (Lipinski definition) is 2. The molecule has 150 valence electrons. The normalized spacial score (nSPS) is 13.0. The molecule has 0 rings (SSSR count). The topological polar surface area (TPSA) is 119 Å². The molecular weight excluding hydrogens is 344 g/mol. The van der Waals surface area contributed by atoms with E-state index < -0.39 is 35.3 Å². The molecule has 0 spiro atoms. The second-order valence-electron chi connectivity index (χ2n) is 5.98. The average Bonchev–Trinajstić information content (AvgIpc) is 2.59. The van der Waals surface area contributed by atoms with Crippen LogP contribution in [-0.4, -0.2) is 61.7 Å². The van der Waals surface area contributed by atoms with Gasteiger partial charge in [-0.15, -0.1) is 0 Å². The minimum absolute atomic E-state index is 0.0217. The predicted molar refractivity (Wildman–Crippen MR) is 93.9 cm³/mol. The van der Waals surface area contributed by atoms with Crippen molar-refractivity contribution in [2.45, 2.75) is 45.4 Å². The van der Waals surface area contributed by atoms with E-state index in [0.29, 0.717) is 6.61 Å². The number of carboxylic acids is 2. The molecular formula is C18H30O8. The second kappa shape index (κ2) is 13.3. The summed E-state index contributed by atoms with van der Waals surface area (Å²) in [4.78, 5) is 34.9. The van der Waals surface area contributed by atoms with Gasteiger partial charge in [-0.1, -0.05) is 32.8 Å². The molecule has 0 fully saturated rings. The van der Waals surface area contributed by atoms with Crippen molar-refractivity contribution < 1.29 is 38.8 Å². The van der Waals surface area contributed by atoms with E-state index in [1.807, 2.05) is 0 Å². The van der Waals surface area contributed by atoms with Gasteiger partial charge in [-0.25, -0.2) is 4.79 Å². The minimum Gasteiger partial charge on any atom is -0.481 e. The highest BCUT2D eigenvalue weighted by molar-refractivity contribution is 5.98. The van der Waals surface area contributed by atoms with E-state index in [1.54, 1.807) is 0 Å². The quantitative estimate of drug-likeness (QED) is 0.240. The molecule has 8 nitrogen and oxygen atoms in total. The Morgan fingerprint density at radius 1 is 1.00 bits per heavy atom. The first-order valence-electron chi connectivity index (χ1n) is 8.70. The monoisotopic (exact) mass is 374 g/mol. The lowest BCUT2D eigenvalue weighted by atomic mass is 9.75. The summed E-state index contributed by atoms with van der Waals surface area (Å²) < 4.78 is 15.2. The third-order valence-electron chi connectivity index (χ3n) is 4.06. The fourth-order valence-corrected chi connectivity index (χ4v) is 2.38. The largest absolute Gasteiger partial charge is 0.481 e. The fraction of sp³-hybridized carbons (Fsp3) is 0.722. The Balaban J connectivity index is 4.56. The van der Waals surface area contributed by atoms with Crippen molar-refractivity contribution in [2.75, 3.05) is 33.5 Å². The number of ether oxygens (including phenoxy) is 3. The lowest BCUT2D eigenvalue weighted by molar-refractivity contribution is -0.159. The Bertz CT molecular complexity index is 474. The van der Waals surface area contributed by atoms with Gasteiger partial charge in [0.05, 0.1) is 13.0 Å². The highest BCUT2D eigenvalue weighted by Crippen LogP contribution is 2.35. The summed E-state index contributed by atoms with van der Waals surface area (Å²) in [5.41, 5.74) is -2.55. The molecule has 0 aliphatic carbocycles. The maximum atomic E-state index is 12.0. The molecule has 0 heterocycles. The Labute approximate surface area is 154 Å². The highest BCUT2D eigenvalue weighted by atomic mass is 16.6.